The average Bonchev–Trinajstić information content (AvgIpc) is 3.01. The molecule has 1 unspecified atom stereocenters. The van der Waals surface area contributed by atoms with Crippen LogP contribution in [-0.4, -0.2) is 35.0 Å². The smallest absolute Gasteiger partial charge is 0.330 e. The molecule has 5 heteroatoms. The molecule has 0 aliphatic carbocycles. The predicted octanol–water partition coefficient (Wildman–Crippen LogP) is 3.31. The molecule has 1 heterocycles. The quantitative estimate of drug-likeness (QED) is 0.524. The molecule has 0 saturated heterocycles. The third kappa shape index (κ3) is 3.95. The zero-order valence-electron chi connectivity index (χ0n) is 14.6. The summed E-state index contributed by atoms with van der Waals surface area (Å²) in [5.74, 6) is 0.0728. The highest BCUT2D eigenvalue weighted by Gasteiger charge is 2.10. The molecule has 0 amide bonds. The molecule has 1 aromatic heterocycles. The van der Waals surface area contributed by atoms with Crippen molar-refractivity contribution in [2.24, 2.45) is 7.05 Å². The number of hydrogen-bond donors (Lipinski definition) is 1. The molecule has 1 N–H and O–H groups in total. The molecule has 26 heavy (non-hydrogen) atoms. The van der Waals surface area contributed by atoms with Crippen LogP contribution in [-0.2, 0) is 16.6 Å². The second-order valence-electron chi connectivity index (χ2n) is 5.97. The Morgan fingerprint density at radius 1 is 1.19 bits per heavy atom. The third-order valence-corrected chi connectivity index (χ3v) is 4.11. The van der Waals surface area contributed by atoms with Crippen LogP contribution in [0.1, 0.15) is 0 Å². The van der Waals surface area contributed by atoms with Gasteiger partial charge < -0.3 is 19.1 Å². The largest absolute Gasteiger partial charge is 0.491 e. The first-order chi connectivity index (χ1) is 12.6. The number of aromatic nitrogens is 1. The number of carbonyl (C=O) groups is 1. The van der Waals surface area contributed by atoms with E-state index >= 15 is 0 Å². The van der Waals surface area contributed by atoms with Gasteiger partial charge >= 0.3 is 5.97 Å². The molecular weight excluding hydrogens is 330 g/mol. The van der Waals surface area contributed by atoms with Crippen molar-refractivity contribution < 1.29 is 19.4 Å². The molecule has 134 valence electrons. The van der Waals surface area contributed by atoms with E-state index in [1.165, 1.54) is 5.39 Å². The third-order valence-electron chi connectivity index (χ3n) is 4.11. The summed E-state index contributed by atoms with van der Waals surface area (Å²) in [6.45, 7) is 3.20. The van der Waals surface area contributed by atoms with Crippen LogP contribution in [0.25, 0.3) is 22.2 Å². The van der Waals surface area contributed by atoms with Gasteiger partial charge in [-0.05, 0) is 24.3 Å². The van der Waals surface area contributed by atoms with Gasteiger partial charge in [0, 0.05) is 35.3 Å². The van der Waals surface area contributed by atoms with Gasteiger partial charge in [-0.1, -0.05) is 36.9 Å². The molecule has 0 saturated carbocycles. The van der Waals surface area contributed by atoms with Crippen molar-refractivity contribution in [3.63, 3.8) is 0 Å². The van der Waals surface area contributed by atoms with Gasteiger partial charge in [-0.3, -0.25) is 0 Å². The second kappa shape index (κ2) is 7.89. The molecular formula is C21H21NO4. The Morgan fingerprint density at radius 2 is 2.00 bits per heavy atom. The lowest BCUT2D eigenvalue weighted by atomic mass is 10.1. The van der Waals surface area contributed by atoms with Crippen molar-refractivity contribution >= 4 is 16.9 Å². The normalized spacial score (nSPS) is 11.9. The fourth-order valence-corrected chi connectivity index (χ4v) is 2.79. The van der Waals surface area contributed by atoms with Gasteiger partial charge in [0.15, 0.2) is 0 Å². The van der Waals surface area contributed by atoms with Gasteiger partial charge in [0.2, 0.25) is 0 Å². The minimum atomic E-state index is -0.903. The van der Waals surface area contributed by atoms with Crippen molar-refractivity contribution in [2.45, 2.75) is 6.10 Å². The number of rotatable bonds is 7. The number of carbonyl (C=O) groups excluding carboxylic acids is 1. The summed E-state index contributed by atoms with van der Waals surface area (Å²) >= 11 is 0. The predicted molar refractivity (Wildman–Crippen MR) is 101 cm³/mol. The number of para-hydroxylation sites is 1. The topological polar surface area (TPSA) is 60.7 Å². The Morgan fingerprint density at radius 3 is 2.77 bits per heavy atom. The Balaban J connectivity index is 1.71. The molecule has 1 atom stereocenters. The SMILES string of the molecule is C=CC(=O)OCC(O)COc1cccc(-c2cc3ccccc3n2C)c1. The number of ether oxygens (including phenoxy) is 2. The number of aliphatic hydroxyl groups excluding tert-OH is 1. The van der Waals surface area contributed by atoms with Gasteiger partial charge in [-0.2, -0.15) is 0 Å². The van der Waals surface area contributed by atoms with Gasteiger partial charge in [-0.25, -0.2) is 4.79 Å². The second-order valence-corrected chi connectivity index (χ2v) is 5.97. The molecule has 0 spiro atoms. The van der Waals surface area contributed by atoms with E-state index in [0.29, 0.717) is 5.75 Å². The number of aliphatic hydroxyl groups is 1. The van der Waals surface area contributed by atoms with E-state index in [0.717, 1.165) is 22.9 Å². The van der Waals surface area contributed by atoms with Crippen molar-refractivity contribution in [1.82, 2.24) is 4.57 Å². The molecule has 0 aliphatic rings. The number of fused-ring (bicyclic) bond motifs is 1. The van der Waals surface area contributed by atoms with E-state index in [9.17, 15) is 9.90 Å². The number of esters is 1. The summed E-state index contributed by atoms with van der Waals surface area (Å²) in [4.78, 5) is 11.0. The molecule has 0 radical (unpaired) electrons. The van der Waals surface area contributed by atoms with Crippen molar-refractivity contribution in [3.8, 4) is 17.0 Å². The van der Waals surface area contributed by atoms with E-state index in [1.807, 2.05) is 43.4 Å². The lowest BCUT2D eigenvalue weighted by Gasteiger charge is -2.13. The monoisotopic (exact) mass is 351 g/mol. The fraction of sp³-hybridized carbons (Fsp3) is 0.190. The molecule has 0 fully saturated rings. The first-order valence-corrected chi connectivity index (χ1v) is 8.33. The van der Waals surface area contributed by atoms with E-state index in [-0.39, 0.29) is 13.2 Å². The molecule has 2 aromatic carbocycles. The molecule has 3 aromatic rings. The summed E-state index contributed by atoms with van der Waals surface area (Å²) in [6, 6.07) is 18.0. The Bertz CT molecular complexity index is 929. The summed E-state index contributed by atoms with van der Waals surface area (Å²) < 4.78 is 12.6. The molecule has 5 nitrogen and oxygen atoms in total. The van der Waals surface area contributed by atoms with E-state index in [2.05, 4.69) is 29.3 Å². The van der Waals surface area contributed by atoms with E-state index in [4.69, 9.17) is 9.47 Å². The van der Waals surface area contributed by atoms with Crippen LogP contribution in [0.5, 0.6) is 5.75 Å². The highest BCUT2D eigenvalue weighted by Crippen LogP contribution is 2.29. The standard InChI is InChI=1S/C21H21NO4/c1-3-21(24)26-14-17(23)13-25-18-9-6-8-15(11-18)20-12-16-7-4-5-10-19(16)22(20)2/h3-12,17,23H,1,13-14H2,2H3. The highest BCUT2D eigenvalue weighted by atomic mass is 16.5. The van der Waals surface area contributed by atoms with E-state index < -0.39 is 12.1 Å². The number of nitrogens with zero attached hydrogens (tertiary/aromatic N) is 1. The Hall–Kier alpha value is -3.05. The van der Waals surface area contributed by atoms with Gasteiger partial charge in [0.05, 0.1) is 0 Å². The maximum Gasteiger partial charge on any atom is 0.330 e. The number of hydrogen-bond acceptors (Lipinski definition) is 4. The Kier molecular flexibility index (Phi) is 5.39. The summed E-state index contributed by atoms with van der Waals surface area (Å²) in [5.41, 5.74) is 3.26. The zero-order chi connectivity index (χ0) is 18.5. The van der Waals surface area contributed by atoms with Gasteiger partial charge in [0.1, 0.15) is 25.1 Å². The summed E-state index contributed by atoms with van der Waals surface area (Å²) in [6.07, 6.45) is 0.154. The molecule has 3 rings (SSSR count). The lowest BCUT2D eigenvalue weighted by Crippen LogP contribution is -2.24. The zero-order valence-corrected chi connectivity index (χ0v) is 14.6. The fourth-order valence-electron chi connectivity index (χ4n) is 2.79. The number of aryl methyl sites for hydroxylation is 1. The minimum Gasteiger partial charge on any atom is -0.491 e. The van der Waals surface area contributed by atoms with Crippen LogP contribution >= 0.6 is 0 Å². The van der Waals surface area contributed by atoms with Crippen molar-refractivity contribution in [3.05, 3.63) is 67.3 Å². The maximum absolute atomic E-state index is 11.0. The highest BCUT2D eigenvalue weighted by molar-refractivity contribution is 5.87. The van der Waals surface area contributed by atoms with Crippen LogP contribution in [0.3, 0.4) is 0 Å². The molecule has 0 aliphatic heterocycles. The van der Waals surface area contributed by atoms with Crippen LogP contribution < -0.4 is 4.74 Å². The lowest BCUT2D eigenvalue weighted by molar-refractivity contribution is -0.141. The van der Waals surface area contributed by atoms with Crippen LogP contribution in [0.15, 0.2) is 67.3 Å². The first-order valence-electron chi connectivity index (χ1n) is 8.33. The average molecular weight is 351 g/mol. The summed E-state index contributed by atoms with van der Waals surface area (Å²) in [5, 5.41) is 11.0. The van der Waals surface area contributed by atoms with Crippen molar-refractivity contribution in [2.75, 3.05) is 13.2 Å². The van der Waals surface area contributed by atoms with E-state index in [1.54, 1.807) is 0 Å². The number of benzene rings is 2. The van der Waals surface area contributed by atoms with Crippen molar-refractivity contribution in [1.29, 1.82) is 0 Å². The summed E-state index contributed by atoms with van der Waals surface area (Å²) in [7, 11) is 2.03. The van der Waals surface area contributed by atoms with Gasteiger partial charge in [-0.15, -0.1) is 0 Å². The van der Waals surface area contributed by atoms with Crippen LogP contribution in [0.4, 0.5) is 0 Å². The maximum atomic E-state index is 11.0. The van der Waals surface area contributed by atoms with Crippen LogP contribution in [0.2, 0.25) is 0 Å². The molecule has 0 bridgehead atoms. The van der Waals surface area contributed by atoms with Gasteiger partial charge in [0.25, 0.3) is 0 Å². The Labute approximate surface area is 152 Å². The minimum absolute atomic E-state index is 0.0307. The first kappa shape index (κ1) is 17.8. The van der Waals surface area contributed by atoms with Crippen LogP contribution in [0, 0.1) is 0 Å².